The maximum absolute atomic E-state index is 11.6. The SMILES string of the molecule is C=C(C)C(=O)OCCC(CC)(CCOC(=O)C(=C)C)C(=O)O. The Morgan fingerprint density at radius 2 is 1.32 bits per heavy atom. The van der Waals surface area contributed by atoms with Gasteiger partial charge in [0.15, 0.2) is 0 Å². The Kier molecular flexibility index (Phi) is 8.15. The van der Waals surface area contributed by atoms with Crippen LogP contribution >= 0.6 is 0 Å². The largest absolute Gasteiger partial charge is 0.481 e. The molecule has 0 heterocycles. The van der Waals surface area contributed by atoms with Crippen LogP contribution in [-0.2, 0) is 23.9 Å². The maximum atomic E-state index is 11.6. The van der Waals surface area contributed by atoms with Gasteiger partial charge in [0.1, 0.15) is 0 Å². The van der Waals surface area contributed by atoms with Gasteiger partial charge in [0.05, 0.1) is 18.6 Å². The molecule has 0 fully saturated rings. The second-order valence-corrected chi connectivity index (χ2v) is 5.27. The summed E-state index contributed by atoms with van der Waals surface area (Å²) in [5, 5.41) is 9.46. The predicted molar refractivity (Wildman–Crippen MR) is 81.1 cm³/mol. The summed E-state index contributed by atoms with van der Waals surface area (Å²) in [6, 6.07) is 0. The number of ether oxygens (including phenoxy) is 2. The van der Waals surface area contributed by atoms with Gasteiger partial charge in [-0.05, 0) is 33.1 Å². The Bertz CT molecular complexity index is 431. The van der Waals surface area contributed by atoms with Crippen molar-refractivity contribution in [1.29, 1.82) is 0 Å². The first kappa shape index (κ1) is 19.9. The van der Waals surface area contributed by atoms with Crippen LogP contribution in [0.15, 0.2) is 24.3 Å². The lowest BCUT2D eigenvalue weighted by Crippen LogP contribution is -2.34. The zero-order valence-corrected chi connectivity index (χ0v) is 13.4. The van der Waals surface area contributed by atoms with Gasteiger partial charge in [-0.1, -0.05) is 20.1 Å². The van der Waals surface area contributed by atoms with Crippen LogP contribution in [0.3, 0.4) is 0 Å². The smallest absolute Gasteiger partial charge is 0.333 e. The van der Waals surface area contributed by atoms with E-state index in [1.165, 1.54) is 13.8 Å². The molecular formula is C16H24O6. The van der Waals surface area contributed by atoms with Gasteiger partial charge in [-0.15, -0.1) is 0 Å². The van der Waals surface area contributed by atoms with E-state index in [4.69, 9.17) is 9.47 Å². The number of carboxylic acid groups (broad SMARTS) is 1. The molecule has 0 rings (SSSR count). The number of hydrogen-bond donors (Lipinski definition) is 1. The molecule has 0 saturated carbocycles. The highest BCUT2D eigenvalue weighted by atomic mass is 16.5. The number of aliphatic carboxylic acids is 1. The summed E-state index contributed by atoms with van der Waals surface area (Å²) in [6.45, 7) is 11.6. The first-order valence-electron chi connectivity index (χ1n) is 7.05. The summed E-state index contributed by atoms with van der Waals surface area (Å²) in [7, 11) is 0. The molecule has 0 saturated heterocycles. The van der Waals surface area contributed by atoms with Crippen molar-refractivity contribution >= 4 is 17.9 Å². The summed E-state index contributed by atoms with van der Waals surface area (Å²) >= 11 is 0. The normalized spacial score (nSPS) is 10.7. The van der Waals surface area contributed by atoms with Crippen molar-refractivity contribution in [3.05, 3.63) is 24.3 Å². The topological polar surface area (TPSA) is 89.9 Å². The first-order chi connectivity index (χ1) is 10.2. The van der Waals surface area contributed by atoms with Gasteiger partial charge < -0.3 is 14.6 Å². The van der Waals surface area contributed by atoms with Gasteiger partial charge in [-0.25, -0.2) is 9.59 Å². The molecule has 1 N–H and O–H groups in total. The molecule has 0 bridgehead atoms. The lowest BCUT2D eigenvalue weighted by molar-refractivity contribution is -0.155. The van der Waals surface area contributed by atoms with E-state index in [1.54, 1.807) is 6.92 Å². The molecule has 0 amide bonds. The quantitative estimate of drug-likeness (QED) is 0.492. The minimum atomic E-state index is -1.11. The summed E-state index contributed by atoms with van der Waals surface area (Å²) in [6.07, 6.45) is 0.614. The van der Waals surface area contributed by atoms with Crippen LogP contribution in [0.5, 0.6) is 0 Å². The Labute approximate surface area is 130 Å². The summed E-state index contributed by atoms with van der Waals surface area (Å²) in [4.78, 5) is 34.2. The molecule has 0 aromatic carbocycles. The zero-order valence-electron chi connectivity index (χ0n) is 13.4. The lowest BCUT2D eigenvalue weighted by Gasteiger charge is -2.27. The summed E-state index contributed by atoms with van der Waals surface area (Å²) < 4.78 is 9.91. The van der Waals surface area contributed by atoms with Crippen LogP contribution in [0.25, 0.3) is 0 Å². The molecule has 0 aromatic heterocycles. The lowest BCUT2D eigenvalue weighted by atomic mass is 9.79. The van der Waals surface area contributed by atoms with E-state index in [1.807, 2.05) is 0 Å². The maximum Gasteiger partial charge on any atom is 0.333 e. The van der Waals surface area contributed by atoms with E-state index in [9.17, 15) is 19.5 Å². The third-order valence-electron chi connectivity index (χ3n) is 3.45. The molecule has 6 heteroatoms. The minimum Gasteiger partial charge on any atom is -0.481 e. The fourth-order valence-electron chi connectivity index (χ4n) is 1.77. The van der Waals surface area contributed by atoms with Crippen LogP contribution in [0.4, 0.5) is 0 Å². The molecular weight excluding hydrogens is 288 g/mol. The number of hydrogen-bond acceptors (Lipinski definition) is 5. The summed E-state index contributed by atoms with van der Waals surface area (Å²) in [5.41, 5.74) is -0.592. The third kappa shape index (κ3) is 6.11. The van der Waals surface area contributed by atoms with E-state index < -0.39 is 23.3 Å². The average molecular weight is 312 g/mol. The highest BCUT2D eigenvalue weighted by Crippen LogP contribution is 2.31. The molecule has 124 valence electrons. The first-order valence-corrected chi connectivity index (χ1v) is 7.05. The Morgan fingerprint density at radius 1 is 0.955 bits per heavy atom. The molecule has 0 aromatic rings. The molecule has 6 nitrogen and oxygen atoms in total. The number of esters is 2. The highest BCUT2D eigenvalue weighted by Gasteiger charge is 2.37. The second kappa shape index (κ2) is 9.02. The van der Waals surface area contributed by atoms with Gasteiger partial charge in [0.25, 0.3) is 0 Å². The van der Waals surface area contributed by atoms with E-state index in [-0.39, 0.29) is 37.2 Å². The van der Waals surface area contributed by atoms with Crippen molar-refractivity contribution in [2.45, 2.75) is 40.0 Å². The fraction of sp³-hybridized carbons (Fsp3) is 0.562. The van der Waals surface area contributed by atoms with E-state index in [2.05, 4.69) is 13.2 Å². The van der Waals surface area contributed by atoms with Gasteiger partial charge >= 0.3 is 17.9 Å². The van der Waals surface area contributed by atoms with Gasteiger partial charge in [-0.3, -0.25) is 4.79 Å². The molecule has 22 heavy (non-hydrogen) atoms. The third-order valence-corrected chi connectivity index (χ3v) is 3.45. The second-order valence-electron chi connectivity index (χ2n) is 5.27. The van der Waals surface area contributed by atoms with Crippen LogP contribution < -0.4 is 0 Å². The van der Waals surface area contributed by atoms with Crippen LogP contribution in [0.2, 0.25) is 0 Å². The van der Waals surface area contributed by atoms with Gasteiger partial charge in [-0.2, -0.15) is 0 Å². The molecule has 0 radical (unpaired) electrons. The average Bonchev–Trinajstić information content (AvgIpc) is 2.44. The highest BCUT2D eigenvalue weighted by molar-refractivity contribution is 5.87. The van der Waals surface area contributed by atoms with E-state index in [0.29, 0.717) is 6.42 Å². The van der Waals surface area contributed by atoms with Crippen molar-refractivity contribution in [2.75, 3.05) is 13.2 Å². The number of rotatable bonds is 10. The molecule has 0 unspecified atom stereocenters. The van der Waals surface area contributed by atoms with Crippen molar-refractivity contribution in [3.8, 4) is 0 Å². The van der Waals surface area contributed by atoms with E-state index >= 15 is 0 Å². The van der Waals surface area contributed by atoms with Crippen LogP contribution in [0.1, 0.15) is 40.0 Å². The number of carbonyl (C=O) groups is 3. The predicted octanol–water partition coefficient (Wildman–Crippen LogP) is 2.49. The minimum absolute atomic E-state index is 0.0275. The van der Waals surface area contributed by atoms with Crippen molar-refractivity contribution in [2.24, 2.45) is 5.41 Å². The molecule has 0 aliphatic rings. The van der Waals surface area contributed by atoms with Gasteiger partial charge in [0.2, 0.25) is 0 Å². The van der Waals surface area contributed by atoms with Crippen molar-refractivity contribution in [1.82, 2.24) is 0 Å². The summed E-state index contributed by atoms with van der Waals surface area (Å²) in [5.74, 6) is -2.11. The Morgan fingerprint density at radius 3 is 1.55 bits per heavy atom. The zero-order chi connectivity index (χ0) is 17.3. The van der Waals surface area contributed by atoms with E-state index in [0.717, 1.165) is 0 Å². The Balaban J connectivity index is 4.62. The molecule has 0 atom stereocenters. The molecule has 0 aliphatic heterocycles. The van der Waals surface area contributed by atoms with Crippen LogP contribution in [0, 0.1) is 5.41 Å². The number of carboxylic acids is 1. The molecule has 0 spiro atoms. The monoisotopic (exact) mass is 312 g/mol. The van der Waals surface area contributed by atoms with Crippen molar-refractivity contribution in [3.63, 3.8) is 0 Å². The van der Waals surface area contributed by atoms with Crippen LogP contribution in [-0.4, -0.2) is 36.2 Å². The molecule has 0 aliphatic carbocycles. The van der Waals surface area contributed by atoms with Crippen molar-refractivity contribution < 1.29 is 29.0 Å². The standard InChI is InChI=1S/C16H24O6/c1-6-16(15(19)20,7-9-21-13(17)11(2)3)8-10-22-14(18)12(4)5/h2,4,6-10H2,1,3,5H3,(H,19,20). The number of carbonyl (C=O) groups excluding carboxylic acids is 2. The Hall–Kier alpha value is -2.11. The van der Waals surface area contributed by atoms with Gasteiger partial charge in [0, 0.05) is 11.1 Å². The fourth-order valence-corrected chi connectivity index (χ4v) is 1.77.